The molecule has 0 aliphatic carbocycles. The molecule has 1 fully saturated rings. The number of nitrogens with zero attached hydrogens (tertiary/aromatic N) is 1. The normalized spacial score (nSPS) is 15.5. The van der Waals surface area contributed by atoms with Gasteiger partial charge < -0.3 is 9.64 Å². The van der Waals surface area contributed by atoms with E-state index in [-0.39, 0.29) is 24.3 Å². The summed E-state index contributed by atoms with van der Waals surface area (Å²) in [7, 11) is 0. The minimum atomic E-state index is -0.153. The molecule has 132 valence electrons. The molecule has 0 spiro atoms. The second kappa shape index (κ2) is 8.15. The van der Waals surface area contributed by atoms with E-state index >= 15 is 0 Å². The Kier molecular flexibility index (Phi) is 6.20. The molecule has 1 aliphatic rings. The highest BCUT2D eigenvalue weighted by Crippen LogP contribution is 2.27. The molecule has 1 aromatic carbocycles. The molecular weight excluding hydrogens is 306 g/mol. The fourth-order valence-electron chi connectivity index (χ4n) is 2.98. The van der Waals surface area contributed by atoms with Crippen LogP contribution < -0.4 is 16.0 Å². The number of piperidine rings is 1. The lowest BCUT2D eigenvalue weighted by molar-refractivity contribution is -0.137. The first-order chi connectivity index (χ1) is 11.4. The van der Waals surface area contributed by atoms with Gasteiger partial charge in [-0.1, -0.05) is 26.0 Å². The number of rotatable bonds is 5. The lowest BCUT2D eigenvalue weighted by atomic mass is 9.96. The van der Waals surface area contributed by atoms with Gasteiger partial charge in [-0.3, -0.25) is 15.0 Å². The number of aryl methyl sites for hydroxylation is 1. The van der Waals surface area contributed by atoms with Gasteiger partial charge in [-0.2, -0.15) is 0 Å². The first-order valence-corrected chi connectivity index (χ1v) is 8.44. The molecule has 2 rings (SSSR count). The molecule has 0 bridgehead atoms. The van der Waals surface area contributed by atoms with Crippen LogP contribution in [0.3, 0.4) is 0 Å². The summed E-state index contributed by atoms with van der Waals surface area (Å²) < 4.78 is 5.80. The summed E-state index contributed by atoms with van der Waals surface area (Å²) in [5.74, 6) is 5.96. The predicted molar refractivity (Wildman–Crippen MR) is 92.4 cm³/mol. The van der Waals surface area contributed by atoms with Gasteiger partial charge in [0.1, 0.15) is 5.75 Å². The molecule has 2 amide bonds. The molecule has 0 saturated carbocycles. The van der Waals surface area contributed by atoms with Crippen molar-refractivity contribution in [1.29, 1.82) is 0 Å². The van der Waals surface area contributed by atoms with Gasteiger partial charge in [0.25, 0.3) is 5.91 Å². The van der Waals surface area contributed by atoms with Crippen LogP contribution in [0, 0.1) is 12.8 Å². The van der Waals surface area contributed by atoms with Gasteiger partial charge in [-0.05, 0) is 42.9 Å². The minimum absolute atomic E-state index is 0.0247. The number of hydrogen-bond acceptors (Lipinski definition) is 4. The van der Waals surface area contributed by atoms with Crippen LogP contribution in [0.2, 0.25) is 0 Å². The van der Waals surface area contributed by atoms with Crippen LogP contribution in [0.4, 0.5) is 0 Å². The predicted octanol–water partition coefficient (Wildman–Crippen LogP) is 1.73. The van der Waals surface area contributed by atoms with Crippen LogP contribution in [-0.4, -0.2) is 36.4 Å². The summed E-state index contributed by atoms with van der Waals surface area (Å²) in [6.07, 6.45) is 1.27. The summed E-state index contributed by atoms with van der Waals surface area (Å²) in [6, 6.07) is 6.08. The SMILES string of the molecule is Cc1ccc(C(C)C)c(OCC(=O)N2CCC(C(=O)NN)CC2)c1. The van der Waals surface area contributed by atoms with Crippen molar-refractivity contribution in [2.45, 2.75) is 39.5 Å². The van der Waals surface area contributed by atoms with Gasteiger partial charge in [0.2, 0.25) is 5.91 Å². The first kappa shape index (κ1) is 18.3. The zero-order valence-electron chi connectivity index (χ0n) is 14.7. The fraction of sp³-hybridized carbons (Fsp3) is 0.556. The summed E-state index contributed by atoms with van der Waals surface area (Å²) in [5.41, 5.74) is 4.39. The summed E-state index contributed by atoms with van der Waals surface area (Å²) in [6.45, 7) is 7.36. The first-order valence-electron chi connectivity index (χ1n) is 8.44. The van der Waals surface area contributed by atoms with E-state index in [1.165, 1.54) is 0 Å². The average molecular weight is 333 g/mol. The van der Waals surface area contributed by atoms with E-state index in [9.17, 15) is 9.59 Å². The van der Waals surface area contributed by atoms with Crippen molar-refractivity contribution in [3.8, 4) is 5.75 Å². The molecule has 0 aromatic heterocycles. The number of likely N-dealkylation sites (tertiary alicyclic amines) is 1. The third-order valence-electron chi connectivity index (χ3n) is 4.50. The number of carbonyl (C=O) groups excluding carboxylic acids is 2. The van der Waals surface area contributed by atoms with Crippen molar-refractivity contribution >= 4 is 11.8 Å². The zero-order chi connectivity index (χ0) is 17.7. The number of nitrogens with one attached hydrogen (secondary N) is 1. The van der Waals surface area contributed by atoms with Crippen LogP contribution in [0.1, 0.15) is 43.7 Å². The summed E-state index contributed by atoms with van der Waals surface area (Å²) >= 11 is 0. The lowest BCUT2D eigenvalue weighted by Gasteiger charge is -2.31. The zero-order valence-corrected chi connectivity index (χ0v) is 14.7. The molecule has 6 heteroatoms. The third-order valence-corrected chi connectivity index (χ3v) is 4.50. The molecule has 24 heavy (non-hydrogen) atoms. The van der Waals surface area contributed by atoms with Crippen LogP contribution >= 0.6 is 0 Å². The van der Waals surface area contributed by atoms with E-state index in [2.05, 4.69) is 31.4 Å². The van der Waals surface area contributed by atoms with Gasteiger partial charge >= 0.3 is 0 Å². The molecular formula is C18H27N3O3. The smallest absolute Gasteiger partial charge is 0.260 e. The molecule has 0 radical (unpaired) electrons. The Balaban J connectivity index is 1.90. The Hall–Kier alpha value is -2.08. The van der Waals surface area contributed by atoms with Crippen LogP contribution in [0.15, 0.2) is 18.2 Å². The maximum absolute atomic E-state index is 12.4. The largest absolute Gasteiger partial charge is 0.483 e. The van der Waals surface area contributed by atoms with Gasteiger partial charge in [0.05, 0.1) is 0 Å². The standard InChI is InChI=1S/C18H27N3O3/c1-12(2)15-5-4-13(3)10-16(15)24-11-17(22)21-8-6-14(7-9-21)18(23)20-19/h4-5,10,12,14H,6-9,11,19H2,1-3H3,(H,20,23). The molecule has 0 unspecified atom stereocenters. The van der Waals surface area contributed by atoms with Crippen LogP contribution in [-0.2, 0) is 9.59 Å². The molecule has 1 aromatic rings. The van der Waals surface area contributed by atoms with Gasteiger partial charge in [0.15, 0.2) is 6.61 Å². The van der Waals surface area contributed by atoms with Crippen molar-refractivity contribution in [3.63, 3.8) is 0 Å². The molecule has 1 saturated heterocycles. The summed E-state index contributed by atoms with van der Waals surface area (Å²) in [5, 5.41) is 0. The van der Waals surface area contributed by atoms with E-state index in [0.29, 0.717) is 31.8 Å². The number of hydrazine groups is 1. The second-order valence-electron chi connectivity index (χ2n) is 6.65. The van der Waals surface area contributed by atoms with Crippen molar-refractivity contribution in [3.05, 3.63) is 29.3 Å². The van der Waals surface area contributed by atoms with E-state index < -0.39 is 0 Å². The average Bonchev–Trinajstić information content (AvgIpc) is 2.58. The van der Waals surface area contributed by atoms with Gasteiger partial charge in [0, 0.05) is 19.0 Å². The molecule has 1 heterocycles. The Bertz CT molecular complexity index is 593. The molecule has 1 aliphatic heterocycles. The van der Waals surface area contributed by atoms with Crippen molar-refractivity contribution in [2.75, 3.05) is 19.7 Å². The number of carbonyl (C=O) groups is 2. The number of ether oxygens (including phenoxy) is 1. The highest BCUT2D eigenvalue weighted by atomic mass is 16.5. The minimum Gasteiger partial charge on any atom is -0.483 e. The van der Waals surface area contributed by atoms with Crippen molar-refractivity contribution in [2.24, 2.45) is 11.8 Å². The van der Waals surface area contributed by atoms with Crippen LogP contribution in [0.5, 0.6) is 5.75 Å². The number of nitrogens with two attached hydrogens (primary N) is 1. The Labute approximate surface area is 143 Å². The highest BCUT2D eigenvalue weighted by Gasteiger charge is 2.27. The summed E-state index contributed by atoms with van der Waals surface area (Å²) in [4.78, 5) is 25.6. The third kappa shape index (κ3) is 4.47. The molecule has 3 N–H and O–H groups in total. The number of benzene rings is 1. The van der Waals surface area contributed by atoms with E-state index in [1.807, 2.05) is 13.0 Å². The Morgan fingerprint density at radius 2 is 2.00 bits per heavy atom. The topological polar surface area (TPSA) is 84.7 Å². The quantitative estimate of drug-likeness (QED) is 0.488. The van der Waals surface area contributed by atoms with Crippen molar-refractivity contribution < 1.29 is 14.3 Å². The molecule has 6 nitrogen and oxygen atoms in total. The van der Waals surface area contributed by atoms with E-state index in [1.54, 1.807) is 4.90 Å². The van der Waals surface area contributed by atoms with Crippen LogP contribution in [0.25, 0.3) is 0 Å². The fourth-order valence-corrected chi connectivity index (χ4v) is 2.98. The van der Waals surface area contributed by atoms with Gasteiger partial charge in [-0.15, -0.1) is 0 Å². The van der Waals surface area contributed by atoms with E-state index in [4.69, 9.17) is 10.6 Å². The Morgan fingerprint density at radius 3 is 2.58 bits per heavy atom. The lowest BCUT2D eigenvalue weighted by Crippen LogP contribution is -2.45. The maximum Gasteiger partial charge on any atom is 0.260 e. The Morgan fingerprint density at radius 1 is 1.33 bits per heavy atom. The second-order valence-corrected chi connectivity index (χ2v) is 6.65. The highest BCUT2D eigenvalue weighted by molar-refractivity contribution is 5.80. The van der Waals surface area contributed by atoms with E-state index in [0.717, 1.165) is 16.9 Å². The number of hydrogen-bond donors (Lipinski definition) is 2. The van der Waals surface area contributed by atoms with Crippen molar-refractivity contribution in [1.82, 2.24) is 10.3 Å². The maximum atomic E-state index is 12.4. The van der Waals surface area contributed by atoms with Gasteiger partial charge in [-0.25, -0.2) is 5.84 Å². The number of amides is 2. The molecule has 0 atom stereocenters. The monoisotopic (exact) mass is 333 g/mol.